The van der Waals surface area contributed by atoms with Crippen LogP contribution >= 0.6 is 11.3 Å². The van der Waals surface area contributed by atoms with E-state index in [-0.39, 0.29) is 5.91 Å². The summed E-state index contributed by atoms with van der Waals surface area (Å²) in [5.41, 5.74) is 0.492. The first-order valence-corrected chi connectivity index (χ1v) is 7.43. The molecule has 1 aromatic heterocycles. The topological polar surface area (TPSA) is 44.1 Å². The maximum Gasteiger partial charge on any atom is 0.243 e. The van der Waals surface area contributed by atoms with Gasteiger partial charge in [0.25, 0.3) is 0 Å². The summed E-state index contributed by atoms with van der Waals surface area (Å²) in [4.78, 5) is 14.5. The molecule has 2 aliphatic carbocycles. The third kappa shape index (κ3) is 1.93. The van der Waals surface area contributed by atoms with Crippen molar-refractivity contribution in [1.29, 1.82) is 5.26 Å². The van der Waals surface area contributed by atoms with Crippen molar-refractivity contribution in [1.82, 2.24) is 4.90 Å². The summed E-state index contributed by atoms with van der Waals surface area (Å²) in [5, 5.41) is 13.4. The van der Waals surface area contributed by atoms with E-state index in [4.69, 9.17) is 0 Å². The predicted octanol–water partition coefficient (Wildman–Crippen LogP) is 2.93. The first-order chi connectivity index (χ1) is 8.75. The van der Waals surface area contributed by atoms with E-state index in [0.29, 0.717) is 12.6 Å². The Balaban J connectivity index is 1.78. The summed E-state index contributed by atoms with van der Waals surface area (Å²) in [5.74, 6) is 0.0740. The van der Waals surface area contributed by atoms with Crippen LogP contribution in [-0.2, 0) is 11.3 Å². The summed E-state index contributed by atoms with van der Waals surface area (Å²) in [6.45, 7) is 0.677. The molecule has 0 unspecified atom stereocenters. The molecule has 0 saturated heterocycles. The van der Waals surface area contributed by atoms with Crippen LogP contribution in [0, 0.1) is 16.7 Å². The minimum Gasteiger partial charge on any atom is -0.334 e. The van der Waals surface area contributed by atoms with Crippen molar-refractivity contribution in [3.05, 3.63) is 22.4 Å². The van der Waals surface area contributed by atoms with Crippen molar-refractivity contribution in [2.24, 2.45) is 5.41 Å². The highest BCUT2D eigenvalue weighted by Crippen LogP contribution is 2.44. The highest BCUT2D eigenvalue weighted by atomic mass is 32.1. The van der Waals surface area contributed by atoms with E-state index in [0.717, 1.165) is 32.1 Å². The summed E-state index contributed by atoms with van der Waals surface area (Å²) >= 11 is 1.66. The van der Waals surface area contributed by atoms with Gasteiger partial charge in [-0.25, -0.2) is 0 Å². The monoisotopic (exact) mass is 260 g/mol. The lowest BCUT2D eigenvalue weighted by Gasteiger charge is -2.38. The fourth-order valence-corrected chi connectivity index (χ4v) is 3.17. The van der Waals surface area contributed by atoms with E-state index in [1.165, 1.54) is 5.56 Å². The quantitative estimate of drug-likeness (QED) is 0.835. The number of hydrogen-bond donors (Lipinski definition) is 0. The van der Waals surface area contributed by atoms with Crippen LogP contribution in [0.1, 0.15) is 37.7 Å². The Kier molecular flexibility index (Phi) is 2.87. The minimum atomic E-state index is -0.696. The number of carbonyl (C=O) groups excluding carboxylic acids is 1. The van der Waals surface area contributed by atoms with Crippen molar-refractivity contribution < 1.29 is 4.79 Å². The lowest BCUT2D eigenvalue weighted by atomic mass is 9.69. The molecule has 1 aromatic rings. The van der Waals surface area contributed by atoms with Gasteiger partial charge >= 0.3 is 0 Å². The molecule has 2 fully saturated rings. The third-order valence-corrected chi connectivity index (χ3v) is 4.74. The molecule has 3 rings (SSSR count). The molecule has 2 saturated carbocycles. The van der Waals surface area contributed by atoms with Gasteiger partial charge < -0.3 is 4.90 Å². The normalized spacial score (nSPS) is 20.8. The molecule has 4 heteroatoms. The van der Waals surface area contributed by atoms with E-state index in [1.807, 2.05) is 10.3 Å². The largest absolute Gasteiger partial charge is 0.334 e. The number of thiophene rings is 1. The van der Waals surface area contributed by atoms with Crippen LogP contribution in [0.25, 0.3) is 0 Å². The Hall–Kier alpha value is -1.34. The van der Waals surface area contributed by atoms with Crippen LogP contribution in [0.5, 0.6) is 0 Å². The molecule has 0 spiro atoms. The van der Waals surface area contributed by atoms with E-state index >= 15 is 0 Å². The Morgan fingerprint density at radius 2 is 2.33 bits per heavy atom. The molecule has 0 aliphatic heterocycles. The fourth-order valence-electron chi connectivity index (χ4n) is 2.51. The Morgan fingerprint density at radius 1 is 1.56 bits per heavy atom. The van der Waals surface area contributed by atoms with Crippen LogP contribution in [-0.4, -0.2) is 16.8 Å². The van der Waals surface area contributed by atoms with Gasteiger partial charge in [-0.15, -0.1) is 0 Å². The van der Waals surface area contributed by atoms with Gasteiger partial charge in [-0.2, -0.15) is 16.6 Å². The van der Waals surface area contributed by atoms with Crippen molar-refractivity contribution >= 4 is 17.2 Å². The molecule has 2 aliphatic rings. The van der Waals surface area contributed by atoms with E-state index in [2.05, 4.69) is 17.5 Å². The van der Waals surface area contributed by atoms with E-state index < -0.39 is 5.41 Å². The first kappa shape index (κ1) is 11.7. The molecular weight excluding hydrogens is 244 g/mol. The summed E-state index contributed by atoms with van der Waals surface area (Å²) < 4.78 is 0. The predicted molar refractivity (Wildman–Crippen MR) is 69.8 cm³/mol. The number of hydrogen-bond acceptors (Lipinski definition) is 3. The van der Waals surface area contributed by atoms with Gasteiger partial charge in [0, 0.05) is 12.6 Å². The molecule has 1 heterocycles. The summed E-state index contributed by atoms with van der Waals surface area (Å²) in [6, 6.07) is 4.71. The zero-order valence-electron chi connectivity index (χ0n) is 10.3. The van der Waals surface area contributed by atoms with Gasteiger partial charge in [0.05, 0.1) is 6.07 Å². The Morgan fingerprint density at radius 3 is 2.78 bits per heavy atom. The van der Waals surface area contributed by atoms with E-state index in [9.17, 15) is 10.1 Å². The minimum absolute atomic E-state index is 0.0740. The lowest BCUT2D eigenvalue weighted by Crippen LogP contribution is -2.47. The van der Waals surface area contributed by atoms with Crippen molar-refractivity contribution in [3.8, 4) is 6.07 Å². The van der Waals surface area contributed by atoms with Crippen molar-refractivity contribution in [3.63, 3.8) is 0 Å². The average molecular weight is 260 g/mol. The number of nitriles is 1. The molecule has 3 nitrogen and oxygen atoms in total. The number of rotatable bonds is 4. The second-order valence-electron chi connectivity index (χ2n) is 5.34. The smallest absolute Gasteiger partial charge is 0.243 e. The van der Waals surface area contributed by atoms with Crippen molar-refractivity contribution in [2.45, 2.75) is 44.7 Å². The molecule has 0 bridgehead atoms. The Bertz CT molecular complexity index is 480. The van der Waals surface area contributed by atoms with Gasteiger partial charge in [0.2, 0.25) is 5.91 Å². The van der Waals surface area contributed by atoms with Gasteiger partial charge in [-0.1, -0.05) is 0 Å². The Labute approximate surface area is 111 Å². The average Bonchev–Trinajstić information content (AvgIpc) is 3.03. The third-order valence-electron chi connectivity index (χ3n) is 4.01. The van der Waals surface area contributed by atoms with Crippen LogP contribution in [0.3, 0.4) is 0 Å². The van der Waals surface area contributed by atoms with Crippen LogP contribution in [0.15, 0.2) is 16.8 Å². The summed E-state index contributed by atoms with van der Waals surface area (Å²) in [6.07, 6.45) is 4.69. The van der Waals surface area contributed by atoms with Crippen LogP contribution in [0.2, 0.25) is 0 Å². The fraction of sp³-hybridized carbons (Fsp3) is 0.571. The second-order valence-corrected chi connectivity index (χ2v) is 6.12. The van der Waals surface area contributed by atoms with Gasteiger partial charge in [0.15, 0.2) is 0 Å². The molecule has 0 atom stereocenters. The van der Waals surface area contributed by atoms with Gasteiger partial charge in [-0.3, -0.25) is 4.79 Å². The number of nitrogens with zero attached hydrogens (tertiary/aromatic N) is 2. The van der Waals surface area contributed by atoms with E-state index in [1.54, 1.807) is 11.3 Å². The molecule has 0 N–H and O–H groups in total. The lowest BCUT2D eigenvalue weighted by molar-refractivity contribution is -0.144. The van der Waals surface area contributed by atoms with Crippen LogP contribution < -0.4 is 0 Å². The van der Waals surface area contributed by atoms with Crippen molar-refractivity contribution in [2.75, 3.05) is 0 Å². The zero-order chi connectivity index (χ0) is 12.6. The maximum absolute atomic E-state index is 12.6. The summed E-state index contributed by atoms with van der Waals surface area (Å²) in [7, 11) is 0. The molecule has 0 radical (unpaired) electrons. The second kappa shape index (κ2) is 4.40. The molecule has 94 valence electrons. The first-order valence-electron chi connectivity index (χ1n) is 6.49. The molecule has 1 amide bonds. The molecule has 18 heavy (non-hydrogen) atoms. The van der Waals surface area contributed by atoms with Gasteiger partial charge in [-0.05, 0) is 54.5 Å². The SMILES string of the molecule is N#CC1(C(=O)N(Cc2ccsc2)C2CC2)CCC1. The van der Waals surface area contributed by atoms with Gasteiger partial charge in [0.1, 0.15) is 5.41 Å². The molecular formula is C14H16N2OS. The standard InChI is InChI=1S/C14H16N2OS/c15-10-14(5-1-6-14)13(17)16(12-2-3-12)8-11-4-7-18-9-11/h4,7,9,12H,1-3,5-6,8H2. The number of amides is 1. The highest BCUT2D eigenvalue weighted by molar-refractivity contribution is 7.07. The number of carbonyl (C=O) groups is 1. The maximum atomic E-state index is 12.6. The zero-order valence-corrected chi connectivity index (χ0v) is 11.1. The molecule has 0 aromatic carbocycles. The highest BCUT2D eigenvalue weighted by Gasteiger charge is 2.49. The van der Waals surface area contributed by atoms with Crippen LogP contribution in [0.4, 0.5) is 0 Å².